The Morgan fingerprint density at radius 1 is 0.618 bits per heavy atom. The van der Waals surface area contributed by atoms with Crippen molar-refractivity contribution < 1.29 is 0 Å². The molecular formula is C30H24N4. The van der Waals surface area contributed by atoms with E-state index in [4.69, 9.17) is 9.98 Å². The molecule has 2 aliphatic rings. The molecule has 0 spiro atoms. The maximum absolute atomic E-state index is 5.06. The van der Waals surface area contributed by atoms with Gasteiger partial charge in [-0.05, 0) is 66.7 Å². The number of nitrogens with zero attached hydrogens (tertiary/aromatic N) is 4. The average Bonchev–Trinajstić information content (AvgIpc) is 3.31. The monoisotopic (exact) mass is 440 g/mol. The smallest absolute Gasteiger partial charge is 0.152 e. The van der Waals surface area contributed by atoms with Gasteiger partial charge in [-0.3, -0.25) is 9.98 Å². The van der Waals surface area contributed by atoms with Crippen LogP contribution < -0.4 is 9.80 Å². The van der Waals surface area contributed by atoms with Gasteiger partial charge in [0.1, 0.15) is 11.9 Å². The highest BCUT2D eigenvalue weighted by Crippen LogP contribution is 2.35. The van der Waals surface area contributed by atoms with Gasteiger partial charge in [0.15, 0.2) is 6.17 Å². The molecule has 164 valence electrons. The van der Waals surface area contributed by atoms with Crippen molar-refractivity contribution in [3.63, 3.8) is 0 Å². The van der Waals surface area contributed by atoms with Crippen LogP contribution in [0.25, 0.3) is 0 Å². The molecule has 6 rings (SSSR count). The van der Waals surface area contributed by atoms with Crippen LogP contribution in [-0.4, -0.2) is 24.3 Å². The molecule has 0 aromatic heterocycles. The summed E-state index contributed by atoms with van der Waals surface area (Å²) in [5.74, 6) is 0.947. The van der Waals surface area contributed by atoms with E-state index in [1.54, 1.807) is 0 Å². The van der Waals surface area contributed by atoms with E-state index in [2.05, 4.69) is 113 Å². The molecule has 2 aliphatic heterocycles. The molecule has 0 N–H and O–H groups in total. The first kappa shape index (κ1) is 20.2. The number of amidine groups is 1. The van der Waals surface area contributed by atoms with E-state index in [9.17, 15) is 0 Å². The fourth-order valence-electron chi connectivity index (χ4n) is 4.58. The molecule has 34 heavy (non-hydrogen) atoms. The van der Waals surface area contributed by atoms with Gasteiger partial charge in [-0.25, -0.2) is 0 Å². The molecule has 4 aromatic rings. The lowest BCUT2D eigenvalue weighted by atomic mass is 10.1. The van der Waals surface area contributed by atoms with Gasteiger partial charge in [-0.15, -0.1) is 0 Å². The van der Waals surface area contributed by atoms with Gasteiger partial charge in [0.2, 0.25) is 0 Å². The van der Waals surface area contributed by atoms with Crippen LogP contribution in [0.4, 0.5) is 22.7 Å². The Morgan fingerprint density at radius 2 is 1.18 bits per heavy atom. The van der Waals surface area contributed by atoms with Gasteiger partial charge >= 0.3 is 0 Å². The van der Waals surface area contributed by atoms with Crippen molar-refractivity contribution in [3.05, 3.63) is 133 Å². The number of rotatable bonds is 5. The first-order valence-corrected chi connectivity index (χ1v) is 11.5. The van der Waals surface area contributed by atoms with Crippen molar-refractivity contribution >= 4 is 34.8 Å². The number of allylic oxidation sites excluding steroid dienone is 1. The molecule has 2 atom stereocenters. The lowest BCUT2D eigenvalue weighted by Gasteiger charge is -2.28. The predicted molar refractivity (Wildman–Crippen MR) is 142 cm³/mol. The van der Waals surface area contributed by atoms with Gasteiger partial charge in [0.25, 0.3) is 0 Å². The van der Waals surface area contributed by atoms with Crippen molar-refractivity contribution in [2.24, 2.45) is 9.98 Å². The largest absolute Gasteiger partial charge is 0.311 e. The first-order valence-electron chi connectivity index (χ1n) is 11.5. The molecule has 4 aromatic carbocycles. The Labute approximate surface area is 199 Å². The molecule has 4 heteroatoms. The molecule has 0 aliphatic carbocycles. The minimum Gasteiger partial charge on any atom is -0.311 e. The van der Waals surface area contributed by atoms with Crippen molar-refractivity contribution in [1.29, 1.82) is 0 Å². The van der Waals surface area contributed by atoms with E-state index < -0.39 is 0 Å². The number of para-hydroxylation sites is 3. The molecule has 4 nitrogen and oxygen atoms in total. The van der Waals surface area contributed by atoms with Gasteiger partial charge in [-0.2, -0.15) is 0 Å². The summed E-state index contributed by atoms with van der Waals surface area (Å²) in [5.41, 5.74) is 5.51. The normalized spacial score (nSPS) is 18.5. The van der Waals surface area contributed by atoms with E-state index in [0.717, 1.165) is 34.1 Å². The maximum Gasteiger partial charge on any atom is 0.152 e. The topological polar surface area (TPSA) is 31.2 Å². The average molecular weight is 441 g/mol. The highest BCUT2D eigenvalue weighted by molar-refractivity contribution is 6.12. The van der Waals surface area contributed by atoms with Gasteiger partial charge in [0.05, 0.1) is 0 Å². The van der Waals surface area contributed by atoms with Crippen molar-refractivity contribution in [2.45, 2.75) is 12.2 Å². The molecule has 0 radical (unpaired) electrons. The van der Waals surface area contributed by atoms with Crippen LogP contribution in [0.3, 0.4) is 0 Å². The minimum absolute atomic E-state index is 0.0185. The zero-order valence-corrected chi connectivity index (χ0v) is 18.6. The Kier molecular flexibility index (Phi) is 5.24. The number of hydrogen-bond donors (Lipinski definition) is 0. The second-order valence-corrected chi connectivity index (χ2v) is 8.30. The summed E-state index contributed by atoms with van der Waals surface area (Å²) in [4.78, 5) is 14.3. The Hall–Kier alpha value is -4.44. The number of aliphatic imine (C=N–C) groups is 2. The van der Waals surface area contributed by atoms with Crippen molar-refractivity contribution in [1.82, 2.24) is 0 Å². The van der Waals surface area contributed by atoms with Gasteiger partial charge < -0.3 is 9.80 Å². The fourth-order valence-corrected chi connectivity index (χ4v) is 4.58. The van der Waals surface area contributed by atoms with Crippen LogP contribution >= 0.6 is 0 Å². The maximum atomic E-state index is 5.06. The van der Waals surface area contributed by atoms with Gasteiger partial charge in [0, 0.05) is 34.5 Å². The molecule has 0 bridgehead atoms. The van der Waals surface area contributed by atoms with Crippen molar-refractivity contribution in [3.8, 4) is 0 Å². The van der Waals surface area contributed by atoms with Crippen LogP contribution in [0.15, 0.2) is 137 Å². The molecule has 0 saturated carbocycles. The number of dihydropyridines is 1. The summed E-state index contributed by atoms with van der Waals surface area (Å²) in [5, 5.41) is 0. The van der Waals surface area contributed by atoms with Crippen LogP contribution in [-0.2, 0) is 0 Å². The molecule has 0 saturated heterocycles. The molecule has 2 heterocycles. The van der Waals surface area contributed by atoms with E-state index in [1.165, 1.54) is 0 Å². The van der Waals surface area contributed by atoms with Crippen LogP contribution in [0.2, 0.25) is 0 Å². The number of hydrogen-bond acceptors (Lipinski definition) is 4. The standard InChI is InChI=1S/C30H24N4/c1-4-11-24(12-5-1)33(25-13-6-2-7-14-25)27-20-18-23(19-21-27)29-32-28-17-10-22-31-30(28)34(29)26-15-8-3-9-16-26/h1-22,28,30H. The summed E-state index contributed by atoms with van der Waals surface area (Å²) < 4.78 is 0. The number of anilines is 4. The lowest BCUT2D eigenvalue weighted by molar-refractivity contribution is 0.659. The molecule has 0 fully saturated rings. The van der Waals surface area contributed by atoms with Crippen LogP contribution in [0.5, 0.6) is 0 Å². The Bertz CT molecular complexity index is 1300. The molecular weight excluding hydrogens is 416 g/mol. The highest BCUT2D eigenvalue weighted by atomic mass is 15.4. The fraction of sp³-hybridized carbons (Fsp3) is 0.0667. The third-order valence-electron chi connectivity index (χ3n) is 6.15. The molecule has 0 amide bonds. The number of benzene rings is 4. The Balaban J connectivity index is 1.39. The van der Waals surface area contributed by atoms with E-state index in [0.29, 0.717) is 0 Å². The van der Waals surface area contributed by atoms with E-state index >= 15 is 0 Å². The second-order valence-electron chi connectivity index (χ2n) is 8.30. The summed E-state index contributed by atoms with van der Waals surface area (Å²) >= 11 is 0. The zero-order valence-electron chi connectivity index (χ0n) is 18.6. The minimum atomic E-state index is -0.0489. The third-order valence-corrected chi connectivity index (χ3v) is 6.15. The summed E-state index contributed by atoms with van der Waals surface area (Å²) in [6.45, 7) is 0. The first-order chi connectivity index (χ1) is 16.9. The van der Waals surface area contributed by atoms with E-state index in [-0.39, 0.29) is 12.2 Å². The highest BCUT2D eigenvalue weighted by Gasteiger charge is 2.36. The van der Waals surface area contributed by atoms with Crippen molar-refractivity contribution in [2.75, 3.05) is 9.80 Å². The third kappa shape index (κ3) is 3.69. The number of fused-ring (bicyclic) bond motifs is 1. The van der Waals surface area contributed by atoms with Crippen LogP contribution in [0.1, 0.15) is 5.56 Å². The molecule has 2 unspecified atom stereocenters. The lowest BCUT2D eigenvalue weighted by Crippen LogP contribution is -2.39. The predicted octanol–water partition coefficient (Wildman–Crippen LogP) is 6.76. The summed E-state index contributed by atoms with van der Waals surface area (Å²) in [7, 11) is 0. The van der Waals surface area contributed by atoms with E-state index in [1.807, 2.05) is 30.5 Å². The van der Waals surface area contributed by atoms with Gasteiger partial charge in [-0.1, -0.05) is 60.7 Å². The summed E-state index contributed by atoms with van der Waals surface area (Å²) in [6.07, 6.45) is 5.93. The SMILES string of the molecule is C1=CC2N=C(c3ccc(N(c4ccccc4)c4ccccc4)cc3)N(c3ccccc3)C2N=C1. The summed E-state index contributed by atoms with van der Waals surface area (Å²) in [6, 6.07) is 40.0. The van der Waals surface area contributed by atoms with Crippen LogP contribution in [0, 0.1) is 0 Å². The quantitative estimate of drug-likeness (QED) is 0.343. The Morgan fingerprint density at radius 3 is 1.79 bits per heavy atom. The zero-order chi connectivity index (χ0) is 22.7. The second kappa shape index (κ2) is 8.83.